The first-order valence-corrected chi connectivity index (χ1v) is 16.3. The molecule has 1 saturated heterocycles. The molecule has 0 aliphatic carbocycles. The Labute approximate surface area is 266 Å². The van der Waals surface area contributed by atoms with Gasteiger partial charge in [0.1, 0.15) is 29.5 Å². The average molecular weight is 671 g/mol. The molecule has 0 saturated carbocycles. The Morgan fingerprint density at radius 1 is 1.02 bits per heavy atom. The van der Waals surface area contributed by atoms with Crippen molar-refractivity contribution in [1.82, 2.24) is 24.8 Å². The van der Waals surface area contributed by atoms with Gasteiger partial charge in [0.05, 0.1) is 31.1 Å². The zero-order valence-electron chi connectivity index (χ0n) is 27.4. The number of rotatable bonds is 14. The summed E-state index contributed by atoms with van der Waals surface area (Å²) in [5.41, 5.74) is 3.24. The van der Waals surface area contributed by atoms with Crippen LogP contribution in [0.15, 0.2) is 18.5 Å². The summed E-state index contributed by atoms with van der Waals surface area (Å²) < 4.78 is 49.8. The number of carbonyl (C=O) groups is 4. The number of anilines is 1. The van der Waals surface area contributed by atoms with Gasteiger partial charge in [0, 0.05) is 13.8 Å². The van der Waals surface area contributed by atoms with E-state index in [1.165, 1.54) is 38.5 Å². The number of nitrogens with zero attached hydrogens (tertiary/aromatic N) is 3. The molecule has 5 atom stereocenters. The number of nitrogen functional groups attached to an aromatic ring is 1. The van der Waals surface area contributed by atoms with E-state index in [1.54, 1.807) is 39.8 Å². The van der Waals surface area contributed by atoms with Crippen molar-refractivity contribution in [3.63, 3.8) is 0 Å². The van der Waals surface area contributed by atoms with E-state index in [0.29, 0.717) is 5.52 Å². The van der Waals surface area contributed by atoms with E-state index in [9.17, 15) is 23.7 Å². The van der Waals surface area contributed by atoms with Gasteiger partial charge in [-0.2, -0.15) is 5.10 Å². The van der Waals surface area contributed by atoms with Crippen LogP contribution in [0.3, 0.4) is 0 Å². The van der Waals surface area contributed by atoms with Crippen LogP contribution in [0.2, 0.25) is 0 Å². The molecule has 2 aromatic rings. The Morgan fingerprint density at radius 3 is 2.09 bits per heavy atom. The van der Waals surface area contributed by atoms with E-state index in [2.05, 4.69) is 20.3 Å². The molecule has 3 heterocycles. The minimum absolute atomic E-state index is 0.140. The number of ether oxygens (including phenoxy) is 5. The molecule has 1 aliphatic rings. The van der Waals surface area contributed by atoms with Gasteiger partial charge in [-0.3, -0.25) is 23.7 Å². The number of nitrogens with two attached hydrogens (primary N) is 1. The first kappa shape index (κ1) is 36.8. The van der Waals surface area contributed by atoms with Crippen molar-refractivity contribution >= 4 is 42.9 Å². The Morgan fingerprint density at radius 2 is 1.59 bits per heavy atom. The highest BCUT2D eigenvalue weighted by Gasteiger charge is 2.64. The summed E-state index contributed by atoms with van der Waals surface area (Å²) in [6.45, 7) is 12.4. The van der Waals surface area contributed by atoms with Crippen LogP contribution in [0.1, 0.15) is 68.0 Å². The van der Waals surface area contributed by atoms with Crippen molar-refractivity contribution < 1.29 is 52.0 Å². The van der Waals surface area contributed by atoms with Crippen LogP contribution in [0.25, 0.3) is 5.52 Å². The third-order valence-corrected chi connectivity index (χ3v) is 8.74. The zero-order chi connectivity index (χ0) is 34.6. The van der Waals surface area contributed by atoms with Crippen molar-refractivity contribution in [2.45, 2.75) is 104 Å². The van der Waals surface area contributed by atoms with Gasteiger partial charge >= 0.3 is 31.5 Å². The van der Waals surface area contributed by atoms with E-state index in [0.717, 1.165) is 6.92 Å². The number of hydrogen-bond acceptors (Lipinski definition) is 14. The van der Waals surface area contributed by atoms with Crippen molar-refractivity contribution in [2.75, 3.05) is 18.9 Å². The van der Waals surface area contributed by atoms with Gasteiger partial charge in [-0.15, -0.1) is 0 Å². The van der Waals surface area contributed by atoms with Crippen molar-refractivity contribution in [3.8, 4) is 0 Å². The highest BCUT2D eigenvalue weighted by molar-refractivity contribution is 7.54. The summed E-state index contributed by atoms with van der Waals surface area (Å²) in [5.74, 6) is -2.79. The Bertz CT molecular complexity index is 1470. The predicted octanol–water partition coefficient (Wildman–Crippen LogP) is 1.77. The molecule has 0 amide bonds. The largest absolute Gasteiger partial charge is 0.462 e. The fourth-order valence-electron chi connectivity index (χ4n) is 4.91. The average Bonchev–Trinajstić information content (AvgIpc) is 3.48. The number of esters is 4. The lowest BCUT2D eigenvalue weighted by atomic mass is 9.86. The molecule has 1 fully saturated rings. The van der Waals surface area contributed by atoms with E-state index in [1.807, 2.05) is 0 Å². The summed E-state index contributed by atoms with van der Waals surface area (Å²) in [4.78, 5) is 54.2. The maximum absolute atomic E-state index is 14.3. The van der Waals surface area contributed by atoms with Crippen LogP contribution in [-0.4, -0.2) is 87.7 Å². The fraction of sp³-hybridized carbons (Fsp3) is 0.643. The van der Waals surface area contributed by atoms with Crippen LogP contribution in [-0.2, 0) is 57.6 Å². The van der Waals surface area contributed by atoms with Crippen molar-refractivity contribution in [3.05, 3.63) is 24.2 Å². The van der Waals surface area contributed by atoms with Gasteiger partial charge in [-0.1, -0.05) is 0 Å². The molecule has 0 bridgehead atoms. The lowest BCUT2D eigenvalue weighted by Gasteiger charge is -2.37. The Balaban J connectivity index is 2.03. The van der Waals surface area contributed by atoms with Crippen LogP contribution >= 0.6 is 7.67 Å². The van der Waals surface area contributed by atoms with E-state index in [-0.39, 0.29) is 18.1 Å². The van der Waals surface area contributed by atoms with Gasteiger partial charge < -0.3 is 33.9 Å². The van der Waals surface area contributed by atoms with Gasteiger partial charge in [0.25, 0.3) is 0 Å². The monoisotopic (exact) mass is 670 g/mol. The number of nitrogens with one attached hydrogen (secondary N) is 2. The molecule has 0 spiro atoms. The van der Waals surface area contributed by atoms with Gasteiger partial charge in [-0.25, -0.2) is 19.7 Å². The second kappa shape index (κ2) is 14.4. The number of carbonyl (C=O) groups excluding carboxylic acids is 4. The molecule has 4 N–H and O–H groups in total. The molecular formula is C28H43N6O11P. The zero-order valence-corrected chi connectivity index (χ0v) is 28.3. The number of fused-ring (bicyclic) bond motifs is 1. The van der Waals surface area contributed by atoms with Crippen LogP contribution < -0.4 is 15.9 Å². The van der Waals surface area contributed by atoms with E-state index < -0.39 is 79.8 Å². The van der Waals surface area contributed by atoms with E-state index >= 15 is 0 Å². The second-order valence-corrected chi connectivity index (χ2v) is 13.6. The molecule has 18 heteroatoms. The summed E-state index contributed by atoms with van der Waals surface area (Å²) >= 11 is 0. The minimum atomic E-state index is -4.33. The van der Waals surface area contributed by atoms with E-state index in [4.69, 9.17) is 33.9 Å². The first-order valence-electron chi connectivity index (χ1n) is 14.6. The molecule has 256 valence electrons. The SMILES string of the molecule is CC(=O)O[C@H]1C(OC(C)=O)(c2ccc3c(N)ncnn23)CO[C@]1(C)COP(=O)(N[C@@H](C)C(=O)OC(C)C)N[C@@H](C)C(=O)OC(C)C. The normalized spacial score (nSPS) is 22.9. The highest BCUT2D eigenvalue weighted by Crippen LogP contribution is 2.49. The molecule has 2 aromatic heterocycles. The second-order valence-electron chi connectivity index (χ2n) is 11.7. The smallest absolute Gasteiger partial charge is 0.342 e. The summed E-state index contributed by atoms with van der Waals surface area (Å²) in [6, 6.07) is 0.860. The van der Waals surface area contributed by atoms with Crippen LogP contribution in [0, 0.1) is 0 Å². The number of aromatic nitrogens is 3. The van der Waals surface area contributed by atoms with Crippen molar-refractivity contribution in [1.29, 1.82) is 0 Å². The Kier molecular flexibility index (Phi) is 11.5. The minimum Gasteiger partial charge on any atom is -0.462 e. The molecule has 17 nitrogen and oxygen atoms in total. The maximum atomic E-state index is 14.3. The quantitative estimate of drug-likeness (QED) is 0.148. The molecule has 0 aromatic carbocycles. The fourth-order valence-corrected chi connectivity index (χ4v) is 6.80. The summed E-state index contributed by atoms with van der Waals surface area (Å²) in [7, 11) is -4.33. The summed E-state index contributed by atoms with van der Waals surface area (Å²) in [5, 5.41) is 9.44. The van der Waals surface area contributed by atoms with Gasteiger partial charge in [0.2, 0.25) is 5.60 Å². The topological polar surface area (TPSA) is 221 Å². The van der Waals surface area contributed by atoms with Gasteiger partial charge in [-0.05, 0) is 60.6 Å². The lowest BCUT2D eigenvalue weighted by Crippen LogP contribution is -2.54. The molecular weight excluding hydrogens is 627 g/mol. The molecule has 3 rings (SSSR count). The van der Waals surface area contributed by atoms with Crippen molar-refractivity contribution in [2.24, 2.45) is 0 Å². The van der Waals surface area contributed by atoms with Crippen LogP contribution in [0.4, 0.5) is 5.82 Å². The highest BCUT2D eigenvalue weighted by atomic mass is 31.2. The summed E-state index contributed by atoms with van der Waals surface area (Å²) in [6.07, 6.45) is -1.10. The molecule has 1 aliphatic heterocycles. The van der Waals surface area contributed by atoms with Gasteiger partial charge in [0.15, 0.2) is 11.9 Å². The standard InChI is InChI=1S/C28H43N6O11P/c1-15(2)42-24(37)17(5)32-46(39,33-18(6)25(38)43-16(3)4)41-12-27(9)26(44-19(7)35)28(13-40-27,45-20(8)36)22-11-10-21-23(29)30-14-31-34(21)22/h10-11,14-18,26H,12-13H2,1-9H3,(H2,29,30,31)(H2,32,33,39)/t17-,18-,26+,27+,28?/m0/s1. The first-order chi connectivity index (χ1) is 21.3. The predicted molar refractivity (Wildman–Crippen MR) is 162 cm³/mol. The third-order valence-electron chi connectivity index (χ3n) is 6.79. The molecule has 0 radical (unpaired) electrons. The van der Waals surface area contributed by atoms with Crippen LogP contribution in [0.5, 0.6) is 0 Å². The maximum Gasteiger partial charge on any atom is 0.342 e. The Hall–Kier alpha value is -3.63. The molecule has 1 unspecified atom stereocenters. The number of hydrogen-bond donors (Lipinski definition) is 3. The molecule has 46 heavy (non-hydrogen) atoms. The third kappa shape index (κ3) is 8.39. The lowest BCUT2D eigenvalue weighted by molar-refractivity contribution is -0.186.